The second-order valence-corrected chi connectivity index (χ2v) is 3.88. The van der Waals surface area contributed by atoms with Gasteiger partial charge >= 0.3 is 0 Å². The molecule has 84 valence electrons. The molecular formula is C11H18N2O2. The summed E-state index contributed by atoms with van der Waals surface area (Å²) in [5.41, 5.74) is 0. The Morgan fingerprint density at radius 1 is 1.53 bits per heavy atom. The minimum Gasteiger partial charge on any atom is -0.467 e. The number of hydrogen-bond acceptors (Lipinski definition) is 3. The lowest BCUT2D eigenvalue weighted by molar-refractivity contribution is -0.120. The quantitative estimate of drug-likeness (QED) is 0.740. The smallest absolute Gasteiger partial charge is 0.234 e. The third-order valence-corrected chi connectivity index (χ3v) is 1.88. The SMILES string of the molecule is CC(C)CNCC(=O)NCc1ccco1. The molecule has 0 aliphatic carbocycles. The summed E-state index contributed by atoms with van der Waals surface area (Å²) in [6.07, 6.45) is 1.60. The fourth-order valence-electron chi connectivity index (χ4n) is 1.14. The summed E-state index contributed by atoms with van der Waals surface area (Å²) in [7, 11) is 0. The highest BCUT2D eigenvalue weighted by molar-refractivity contribution is 5.77. The van der Waals surface area contributed by atoms with E-state index in [0.29, 0.717) is 19.0 Å². The van der Waals surface area contributed by atoms with Crippen LogP contribution in [0.5, 0.6) is 0 Å². The number of rotatable bonds is 6. The molecular weight excluding hydrogens is 192 g/mol. The first-order valence-electron chi connectivity index (χ1n) is 5.18. The number of nitrogens with one attached hydrogen (secondary N) is 2. The van der Waals surface area contributed by atoms with Gasteiger partial charge in [-0.2, -0.15) is 0 Å². The highest BCUT2D eigenvalue weighted by atomic mass is 16.3. The second-order valence-electron chi connectivity index (χ2n) is 3.88. The first kappa shape index (κ1) is 11.8. The van der Waals surface area contributed by atoms with Gasteiger partial charge in [0.15, 0.2) is 0 Å². The molecule has 1 aromatic heterocycles. The molecule has 15 heavy (non-hydrogen) atoms. The first-order valence-corrected chi connectivity index (χ1v) is 5.18. The Morgan fingerprint density at radius 3 is 2.93 bits per heavy atom. The van der Waals surface area contributed by atoms with Crippen molar-refractivity contribution >= 4 is 5.91 Å². The summed E-state index contributed by atoms with van der Waals surface area (Å²) in [6.45, 7) is 5.88. The lowest BCUT2D eigenvalue weighted by atomic mass is 10.2. The molecule has 0 aromatic carbocycles. The van der Waals surface area contributed by atoms with Gasteiger partial charge in [-0.25, -0.2) is 0 Å². The van der Waals surface area contributed by atoms with E-state index in [1.807, 2.05) is 6.07 Å². The minimum atomic E-state index is -0.00736. The van der Waals surface area contributed by atoms with Crippen molar-refractivity contribution in [3.05, 3.63) is 24.2 Å². The van der Waals surface area contributed by atoms with Crippen LogP contribution >= 0.6 is 0 Å². The van der Waals surface area contributed by atoms with Crippen LogP contribution in [0, 0.1) is 5.92 Å². The van der Waals surface area contributed by atoms with Crippen LogP contribution in [-0.4, -0.2) is 19.0 Å². The fourth-order valence-corrected chi connectivity index (χ4v) is 1.14. The maximum absolute atomic E-state index is 11.3. The normalized spacial score (nSPS) is 10.6. The summed E-state index contributed by atoms with van der Waals surface area (Å²) in [4.78, 5) is 11.3. The molecule has 0 bridgehead atoms. The minimum absolute atomic E-state index is 0.00736. The van der Waals surface area contributed by atoms with Gasteiger partial charge < -0.3 is 15.1 Å². The molecule has 0 aliphatic heterocycles. The van der Waals surface area contributed by atoms with E-state index in [1.165, 1.54) is 0 Å². The predicted molar refractivity (Wildman–Crippen MR) is 58.3 cm³/mol. The molecule has 0 radical (unpaired) electrons. The zero-order chi connectivity index (χ0) is 11.1. The molecule has 1 rings (SSSR count). The molecule has 0 spiro atoms. The number of amides is 1. The van der Waals surface area contributed by atoms with Gasteiger partial charge in [-0.1, -0.05) is 13.8 Å². The molecule has 0 unspecified atom stereocenters. The molecule has 0 atom stereocenters. The number of carbonyl (C=O) groups is 1. The monoisotopic (exact) mass is 210 g/mol. The van der Waals surface area contributed by atoms with Crippen molar-refractivity contribution in [3.8, 4) is 0 Å². The molecule has 4 heteroatoms. The van der Waals surface area contributed by atoms with Crippen LogP contribution in [0.4, 0.5) is 0 Å². The topological polar surface area (TPSA) is 54.3 Å². The molecule has 1 aromatic rings. The molecule has 0 aliphatic rings. The van der Waals surface area contributed by atoms with E-state index in [0.717, 1.165) is 12.3 Å². The van der Waals surface area contributed by atoms with E-state index < -0.39 is 0 Å². The molecule has 0 saturated carbocycles. The van der Waals surface area contributed by atoms with Crippen LogP contribution in [0.25, 0.3) is 0 Å². The predicted octanol–water partition coefficient (Wildman–Crippen LogP) is 1.14. The Kier molecular flexibility index (Phi) is 4.90. The van der Waals surface area contributed by atoms with Crippen LogP contribution in [0.2, 0.25) is 0 Å². The van der Waals surface area contributed by atoms with Gasteiger partial charge in [-0.05, 0) is 24.6 Å². The van der Waals surface area contributed by atoms with Gasteiger partial charge in [0.05, 0.1) is 19.4 Å². The molecule has 1 amide bonds. The third-order valence-electron chi connectivity index (χ3n) is 1.88. The van der Waals surface area contributed by atoms with E-state index in [1.54, 1.807) is 12.3 Å². The van der Waals surface area contributed by atoms with Crippen molar-refractivity contribution in [2.75, 3.05) is 13.1 Å². The van der Waals surface area contributed by atoms with Crippen molar-refractivity contribution in [2.24, 2.45) is 5.92 Å². The van der Waals surface area contributed by atoms with Crippen LogP contribution in [-0.2, 0) is 11.3 Å². The highest BCUT2D eigenvalue weighted by Gasteiger charge is 2.02. The van der Waals surface area contributed by atoms with Gasteiger partial charge in [0.2, 0.25) is 5.91 Å². The van der Waals surface area contributed by atoms with Gasteiger partial charge in [0.25, 0.3) is 0 Å². The van der Waals surface area contributed by atoms with Crippen molar-refractivity contribution < 1.29 is 9.21 Å². The van der Waals surface area contributed by atoms with E-state index in [4.69, 9.17) is 4.42 Å². The first-order chi connectivity index (χ1) is 7.18. The van der Waals surface area contributed by atoms with Gasteiger partial charge in [-0.3, -0.25) is 4.79 Å². The summed E-state index contributed by atoms with van der Waals surface area (Å²) in [5, 5.41) is 5.84. The standard InChI is InChI=1S/C11H18N2O2/c1-9(2)6-12-8-11(14)13-7-10-4-3-5-15-10/h3-5,9,12H,6-8H2,1-2H3,(H,13,14). The lowest BCUT2D eigenvalue weighted by Crippen LogP contribution is -2.34. The largest absolute Gasteiger partial charge is 0.467 e. The Hall–Kier alpha value is -1.29. The van der Waals surface area contributed by atoms with Gasteiger partial charge in [0, 0.05) is 0 Å². The van der Waals surface area contributed by atoms with Crippen LogP contribution in [0.1, 0.15) is 19.6 Å². The third kappa shape index (κ3) is 5.22. The number of carbonyl (C=O) groups excluding carboxylic acids is 1. The molecule has 1 heterocycles. The average Bonchev–Trinajstić information content (AvgIpc) is 2.66. The summed E-state index contributed by atoms with van der Waals surface area (Å²) < 4.78 is 5.09. The van der Waals surface area contributed by atoms with E-state index >= 15 is 0 Å². The Morgan fingerprint density at radius 2 is 2.33 bits per heavy atom. The second kappa shape index (κ2) is 6.24. The van der Waals surface area contributed by atoms with Crippen molar-refractivity contribution in [2.45, 2.75) is 20.4 Å². The van der Waals surface area contributed by atoms with Crippen molar-refractivity contribution in [1.29, 1.82) is 0 Å². The van der Waals surface area contributed by atoms with E-state index in [-0.39, 0.29) is 5.91 Å². The average molecular weight is 210 g/mol. The Balaban J connectivity index is 2.09. The zero-order valence-electron chi connectivity index (χ0n) is 9.25. The number of furan rings is 1. The fraction of sp³-hybridized carbons (Fsp3) is 0.545. The molecule has 0 saturated heterocycles. The summed E-state index contributed by atoms with van der Waals surface area (Å²) in [5.74, 6) is 1.32. The highest BCUT2D eigenvalue weighted by Crippen LogP contribution is 1.97. The van der Waals surface area contributed by atoms with Crippen molar-refractivity contribution in [1.82, 2.24) is 10.6 Å². The molecule has 0 fully saturated rings. The van der Waals surface area contributed by atoms with Crippen LogP contribution in [0.15, 0.2) is 22.8 Å². The Bertz CT molecular complexity index is 281. The lowest BCUT2D eigenvalue weighted by Gasteiger charge is -2.07. The zero-order valence-corrected chi connectivity index (χ0v) is 9.25. The summed E-state index contributed by atoms with van der Waals surface area (Å²) in [6, 6.07) is 3.64. The van der Waals surface area contributed by atoms with E-state index in [2.05, 4.69) is 24.5 Å². The van der Waals surface area contributed by atoms with Gasteiger partial charge in [-0.15, -0.1) is 0 Å². The number of hydrogen-bond donors (Lipinski definition) is 2. The summed E-state index contributed by atoms with van der Waals surface area (Å²) >= 11 is 0. The molecule has 2 N–H and O–H groups in total. The maximum atomic E-state index is 11.3. The molecule has 4 nitrogen and oxygen atoms in total. The van der Waals surface area contributed by atoms with Crippen molar-refractivity contribution in [3.63, 3.8) is 0 Å². The maximum Gasteiger partial charge on any atom is 0.234 e. The van der Waals surface area contributed by atoms with Crippen LogP contribution < -0.4 is 10.6 Å². The van der Waals surface area contributed by atoms with Gasteiger partial charge in [0.1, 0.15) is 5.76 Å². The van der Waals surface area contributed by atoms with E-state index in [9.17, 15) is 4.79 Å². The Labute approximate surface area is 90.0 Å². The van der Waals surface area contributed by atoms with Crippen LogP contribution in [0.3, 0.4) is 0 Å².